The van der Waals surface area contributed by atoms with Crippen LogP contribution in [0.4, 0.5) is 4.39 Å². The molecule has 2 aliphatic carbocycles. The average Bonchev–Trinajstić information content (AvgIpc) is 2.79. The van der Waals surface area contributed by atoms with Crippen LogP contribution in [0, 0.1) is 29.1 Å². The van der Waals surface area contributed by atoms with E-state index >= 15 is 0 Å². The fraction of sp³-hybridized carbons (Fsp3) is 0.667. The van der Waals surface area contributed by atoms with Crippen LogP contribution in [0.2, 0.25) is 0 Å². The maximum Gasteiger partial charge on any atom is 0.196 e. The molecule has 0 spiro atoms. The summed E-state index contributed by atoms with van der Waals surface area (Å²) in [6, 6.07) is 10.9. The van der Waals surface area contributed by atoms with E-state index in [9.17, 15) is 4.39 Å². The number of hydrogen-bond acceptors (Lipinski definition) is 1. The summed E-state index contributed by atoms with van der Waals surface area (Å²) in [5.74, 6) is 2.76. The molecule has 1 aromatic rings. The van der Waals surface area contributed by atoms with Gasteiger partial charge < -0.3 is 0 Å². The molecule has 3 rings (SSSR count). The first-order valence-corrected chi connectivity index (χ1v) is 12.0. The van der Waals surface area contributed by atoms with Crippen molar-refractivity contribution in [1.29, 1.82) is 5.26 Å². The van der Waals surface area contributed by atoms with Gasteiger partial charge in [0.05, 0.1) is 0 Å². The van der Waals surface area contributed by atoms with Crippen LogP contribution in [-0.4, -0.2) is 0 Å². The van der Waals surface area contributed by atoms with Crippen molar-refractivity contribution in [2.75, 3.05) is 0 Å². The first kappa shape index (κ1) is 22.1. The summed E-state index contributed by atoms with van der Waals surface area (Å²) >= 11 is 0. The highest BCUT2D eigenvalue weighted by atomic mass is 19.1. The maximum absolute atomic E-state index is 12.9. The van der Waals surface area contributed by atoms with Crippen molar-refractivity contribution in [2.45, 2.75) is 96.3 Å². The third kappa shape index (κ3) is 6.98. The summed E-state index contributed by atoms with van der Waals surface area (Å²) in [4.78, 5) is 0. The van der Waals surface area contributed by atoms with Gasteiger partial charge in [0.2, 0.25) is 0 Å². The molecular weight excluding hydrogens is 357 g/mol. The normalized spacial score (nSPS) is 28.1. The van der Waals surface area contributed by atoms with Gasteiger partial charge in [0.25, 0.3) is 0 Å². The smallest absolute Gasteiger partial charge is 0.195 e. The molecule has 0 atom stereocenters. The lowest BCUT2D eigenvalue weighted by Crippen LogP contribution is -2.17. The largest absolute Gasteiger partial charge is 0.196 e. The van der Waals surface area contributed by atoms with E-state index < -0.39 is 5.83 Å². The van der Waals surface area contributed by atoms with E-state index in [4.69, 9.17) is 5.26 Å². The Kier molecular flexibility index (Phi) is 8.78. The van der Waals surface area contributed by atoms with Crippen LogP contribution < -0.4 is 0 Å². The van der Waals surface area contributed by atoms with Crippen LogP contribution in [-0.2, 0) is 6.42 Å². The minimum absolute atomic E-state index is 0.619. The average molecular weight is 396 g/mol. The molecule has 2 saturated carbocycles. The lowest BCUT2D eigenvalue weighted by atomic mass is 9.74. The maximum atomic E-state index is 12.9. The van der Waals surface area contributed by atoms with Gasteiger partial charge in [0.15, 0.2) is 5.83 Å². The third-order valence-electron chi connectivity index (χ3n) is 7.66. The van der Waals surface area contributed by atoms with E-state index in [1.807, 2.05) is 0 Å². The van der Waals surface area contributed by atoms with Gasteiger partial charge in [-0.15, -0.1) is 0 Å². The second-order valence-corrected chi connectivity index (χ2v) is 9.52. The van der Waals surface area contributed by atoms with Crippen molar-refractivity contribution in [3.63, 3.8) is 0 Å². The van der Waals surface area contributed by atoms with Gasteiger partial charge in [-0.05, 0) is 85.8 Å². The number of benzene rings is 1. The van der Waals surface area contributed by atoms with Crippen LogP contribution in [0.3, 0.4) is 0 Å². The highest BCUT2D eigenvalue weighted by Crippen LogP contribution is 2.40. The Balaban J connectivity index is 1.30. The van der Waals surface area contributed by atoms with Crippen LogP contribution in [0.25, 0.3) is 0 Å². The van der Waals surface area contributed by atoms with Gasteiger partial charge in [0.1, 0.15) is 6.07 Å². The summed E-state index contributed by atoms with van der Waals surface area (Å²) in [7, 11) is 0. The number of allylic oxidation sites excluding steroid dienone is 2. The van der Waals surface area contributed by atoms with E-state index in [1.54, 1.807) is 11.6 Å². The Labute approximate surface area is 177 Å². The minimum Gasteiger partial charge on any atom is -0.195 e. The van der Waals surface area contributed by atoms with Crippen molar-refractivity contribution in [3.8, 4) is 6.07 Å². The van der Waals surface area contributed by atoms with E-state index in [1.165, 1.54) is 75.8 Å². The van der Waals surface area contributed by atoms with Crippen LogP contribution in [0.15, 0.2) is 36.2 Å². The first-order chi connectivity index (χ1) is 14.2. The third-order valence-corrected chi connectivity index (χ3v) is 7.66. The number of nitrogens with zero attached hydrogens (tertiary/aromatic N) is 1. The molecule has 0 amide bonds. The monoisotopic (exact) mass is 395 g/mol. The van der Waals surface area contributed by atoms with Crippen molar-refractivity contribution in [2.24, 2.45) is 17.8 Å². The molecule has 0 N–H and O–H groups in total. The molecule has 0 aromatic heterocycles. The quantitative estimate of drug-likeness (QED) is 0.406. The highest BCUT2D eigenvalue weighted by molar-refractivity contribution is 5.25. The standard InChI is InChI=1S/C27H38FN/c1-2-21-12-16-25(17-13-21)26-18-14-24(15-19-26)11-10-23-8-6-22(7-9-23)4-3-5-27(28)20-29/h5,12-13,16-17,22-24,26H,2-4,6-11,14-15,18-19H2,1H3. The Hall–Kier alpha value is -1.62. The van der Waals surface area contributed by atoms with E-state index in [0.29, 0.717) is 0 Å². The van der Waals surface area contributed by atoms with Crippen LogP contribution >= 0.6 is 0 Å². The van der Waals surface area contributed by atoms with Gasteiger partial charge >= 0.3 is 0 Å². The van der Waals surface area contributed by atoms with Crippen LogP contribution in [0.1, 0.15) is 101 Å². The van der Waals surface area contributed by atoms with Gasteiger partial charge in [-0.2, -0.15) is 9.65 Å². The number of nitriles is 1. The summed E-state index contributed by atoms with van der Waals surface area (Å²) in [6.07, 6.45) is 18.1. The minimum atomic E-state index is -0.619. The Bertz CT molecular complexity index is 667. The second kappa shape index (κ2) is 11.5. The predicted molar refractivity (Wildman–Crippen MR) is 119 cm³/mol. The van der Waals surface area contributed by atoms with Crippen molar-refractivity contribution >= 4 is 0 Å². The summed E-state index contributed by atoms with van der Waals surface area (Å²) in [6.45, 7) is 2.22. The Morgan fingerprint density at radius 1 is 0.897 bits per heavy atom. The molecular formula is C27H38FN. The number of rotatable bonds is 8. The molecule has 29 heavy (non-hydrogen) atoms. The van der Waals surface area contributed by atoms with Gasteiger partial charge in [-0.1, -0.05) is 69.7 Å². The molecule has 2 aliphatic rings. The van der Waals surface area contributed by atoms with E-state index in [2.05, 4.69) is 31.2 Å². The fourth-order valence-electron chi connectivity index (χ4n) is 5.58. The number of hydrogen-bond donors (Lipinski definition) is 0. The summed E-state index contributed by atoms with van der Waals surface area (Å²) < 4.78 is 12.9. The molecule has 1 aromatic carbocycles. The van der Waals surface area contributed by atoms with Gasteiger partial charge in [0, 0.05) is 0 Å². The summed E-state index contributed by atoms with van der Waals surface area (Å²) in [5.41, 5.74) is 3.01. The Morgan fingerprint density at radius 2 is 1.41 bits per heavy atom. The number of halogens is 1. The van der Waals surface area contributed by atoms with Gasteiger partial charge in [-0.25, -0.2) is 0 Å². The van der Waals surface area contributed by atoms with Crippen LogP contribution in [0.5, 0.6) is 0 Å². The molecule has 0 saturated heterocycles. The molecule has 2 fully saturated rings. The first-order valence-electron chi connectivity index (χ1n) is 12.0. The van der Waals surface area contributed by atoms with Crippen molar-refractivity contribution in [1.82, 2.24) is 0 Å². The van der Waals surface area contributed by atoms with Gasteiger partial charge in [-0.3, -0.25) is 0 Å². The van der Waals surface area contributed by atoms with Crippen molar-refractivity contribution in [3.05, 3.63) is 47.3 Å². The molecule has 0 heterocycles. The highest BCUT2D eigenvalue weighted by Gasteiger charge is 2.25. The lowest BCUT2D eigenvalue weighted by Gasteiger charge is -2.32. The zero-order valence-electron chi connectivity index (χ0n) is 18.2. The summed E-state index contributed by atoms with van der Waals surface area (Å²) in [5, 5.41) is 8.47. The second-order valence-electron chi connectivity index (χ2n) is 9.52. The molecule has 158 valence electrons. The molecule has 0 aliphatic heterocycles. The lowest BCUT2D eigenvalue weighted by molar-refractivity contribution is 0.225. The zero-order valence-corrected chi connectivity index (χ0v) is 18.2. The molecule has 2 heteroatoms. The molecule has 0 radical (unpaired) electrons. The van der Waals surface area contributed by atoms with E-state index in [-0.39, 0.29) is 0 Å². The SMILES string of the molecule is CCc1ccc(C2CCC(CCC3CCC(CCC=C(F)C#N)CC3)CC2)cc1. The zero-order chi connectivity index (χ0) is 20.5. The van der Waals surface area contributed by atoms with E-state index in [0.717, 1.165) is 42.9 Å². The number of aryl methyl sites for hydroxylation is 1. The Morgan fingerprint density at radius 3 is 1.93 bits per heavy atom. The molecule has 0 bridgehead atoms. The predicted octanol–water partition coefficient (Wildman–Crippen LogP) is 8.27. The topological polar surface area (TPSA) is 23.8 Å². The molecule has 1 nitrogen and oxygen atoms in total. The molecule has 0 unspecified atom stereocenters. The van der Waals surface area contributed by atoms with Crippen molar-refractivity contribution < 1.29 is 4.39 Å². The fourth-order valence-corrected chi connectivity index (χ4v) is 5.58.